The predicted molar refractivity (Wildman–Crippen MR) is 103 cm³/mol. The van der Waals surface area contributed by atoms with Gasteiger partial charge in [-0.15, -0.1) is 11.3 Å². The minimum absolute atomic E-state index is 0.0429. The van der Waals surface area contributed by atoms with Crippen LogP contribution >= 0.6 is 23.1 Å². The van der Waals surface area contributed by atoms with Crippen LogP contribution in [0.25, 0.3) is 21.3 Å². The lowest BCUT2D eigenvalue weighted by molar-refractivity contribution is -0.468. The highest BCUT2D eigenvalue weighted by atomic mass is 32.2. The lowest BCUT2D eigenvalue weighted by atomic mass is 10.2. The van der Waals surface area contributed by atoms with E-state index < -0.39 is 5.78 Å². The van der Waals surface area contributed by atoms with E-state index in [0.717, 1.165) is 14.6 Å². The van der Waals surface area contributed by atoms with Crippen LogP contribution in [0.3, 0.4) is 0 Å². The van der Waals surface area contributed by atoms with Gasteiger partial charge in [0.25, 0.3) is 5.52 Å². The van der Waals surface area contributed by atoms with E-state index in [2.05, 4.69) is 4.98 Å². The molecule has 26 heavy (non-hydrogen) atoms. The zero-order valence-corrected chi connectivity index (χ0v) is 15.3. The number of thiazole rings is 1. The molecule has 2 aromatic heterocycles. The van der Waals surface area contributed by atoms with E-state index in [-0.39, 0.29) is 28.2 Å². The monoisotopic (exact) mass is 383 g/mol. The van der Waals surface area contributed by atoms with Gasteiger partial charge in [0.05, 0.1) is 26.1 Å². The van der Waals surface area contributed by atoms with Crippen LogP contribution in [0.1, 0.15) is 16.2 Å². The molecule has 4 rings (SSSR count). The Bertz CT molecular complexity index is 1180. The molecule has 0 N–H and O–H groups in total. The Morgan fingerprint density at radius 3 is 2.77 bits per heavy atom. The Kier molecular flexibility index (Phi) is 4.21. The average Bonchev–Trinajstić information content (AvgIpc) is 3.08. The molecule has 0 radical (unpaired) electrons. The largest absolute Gasteiger partial charge is 0.805 e. The molecule has 0 bridgehead atoms. The first kappa shape index (κ1) is 16.7. The number of benzene rings is 2. The standard InChI is InChI=1S/C18H13N3O3S2/c1-11-17(21(24)14-8-4-3-7-13(14)20(11)23)15(22)10-25-18-19-12-6-2-5-9-16(12)26-18/h2-9H,10H2,1H3. The minimum Gasteiger partial charge on any atom is -0.805 e. The smallest absolute Gasteiger partial charge is 0.325 e. The number of para-hydroxylation sites is 3. The molecule has 0 aliphatic rings. The molecule has 0 atom stereocenters. The number of fused-ring (bicyclic) bond motifs is 2. The molecular formula is C18H13N3O3S2. The van der Waals surface area contributed by atoms with Crippen molar-refractivity contribution in [2.24, 2.45) is 0 Å². The Morgan fingerprint density at radius 1 is 1.23 bits per heavy atom. The van der Waals surface area contributed by atoms with Gasteiger partial charge in [-0.3, -0.25) is 4.79 Å². The molecule has 0 fully saturated rings. The molecule has 0 saturated heterocycles. The Balaban J connectivity index is 1.67. The summed E-state index contributed by atoms with van der Waals surface area (Å²) in [6.07, 6.45) is 0. The van der Waals surface area contributed by atoms with Gasteiger partial charge >= 0.3 is 5.69 Å². The summed E-state index contributed by atoms with van der Waals surface area (Å²) in [5, 5.41) is 12.4. The molecule has 4 aromatic rings. The zero-order valence-electron chi connectivity index (χ0n) is 13.7. The Morgan fingerprint density at radius 2 is 1.96 bits per heavy atom. The number of rotatable bonds is 4. The topological polar surface area (TPSA) is 80.9 Å². The van der Waals surface area contributed by atoms with Crippen molar-refractivity contribution < 1.29 is 9.22 Å². The maximum Gasteiger partial charge on any atom is 0.325 e. The first-order valence-corrected chi connectivity index (χ1v) is 9.62. The number of ketones is 1. The van der Waals surface area contributed by atoms with Crippen molar-refractivity contribution in [2.45, 2.75) is 11.3 Å². The summed E-state index contributed by atoms with van der Waals surface area (Å²) in [7, 11) is 0. The van der Waals surface area contributed by atoms with E-state index in [1.807, 2.05) is 24.3 Å². The quantitative estimate of drug-likeness (QED) is 0.304. The fraction of sp³-hybridized carbons (Fsp3) is 0.111. The number of hydrogen-bond donors (Lipinski definition) is 0. The molecular weight excluding hydrogens is 370 g/mol. The lowest BCUT2D eigenvalue weighted by Crippen LogP contribution is -2.31. The van der Waals surface area contributed by atoms with Crippen LogP contribution in [0.5, 0.6) is 0 Å². The van der Waals surface area contributed by atoms with E-state index >= 15 is 0 Å². The summed E-state index contributed by atoms with van der Waals surface area (Å²) in [5.74, 6) is -0.349. The third-order valence-electron chi connectivity index (χ3n) is 4.03. The number of nitrogens with zero attached hydrogens (tertiary/aromatic N) is 3. The van der Waals surface area contributed by atoms with E-state index in [1.165, 1.54) is 36.1 Å². The second-order valence-corrected chi connectivity index (χ2v) is 7.92. The maximum absolute atomic E-state index is 12.7. The molecule has 0 saturated carbocycles. The van der Waals surface area contributed by atoms with Crippen molar-refractivity contribution in [3.8, 4) is 0 Å². The summed E-state index contributed by atoms with van der Waals surface area (Å²) in [6.45, 7) is 1.49. The fourth-order valence-electron chi connectivity index (χ4n) is 2.78. The maximum atomic E-state index is 12.7. The molecule has 0 amide bonds. The fourth-order valence-corrected chi connectivity index (χ4v) is 4.71. The molecule has 0 aliphatic heterocycles. The summed E-state index contributed by atoms with van der Waals surface area (Å²) < 4.78 is 2.99. The molecule has 6 nitrogen and oxygen atoms in total. The highest BCUT2D eigenvalue weighted by Crippen LogP contribution is 2.29. The van der Waals surface area contributed by atoms with Crippen LogP contribution in [0.15, 0.2) is 52.9 Å². The second kappa shape index (κ2) is 6.54. The number of thioether (sulfide) groups is 1. The van der Waals surface area contributed by atoms with Gasteiger partial charge in [0.15, 0.2) is 4.34 Å². The highest BCUT2D eigenvalue weighted by molar-refractivity contribution is 8.01. The van der Waals surface area contributed by atoms with Gasteiger partial charge in [0.2, 0.25) is 5.78 Å². The normalized spacial score (nSPS) is 11.3. The van der Waals surface area contributed by atoms with Crippen LogP contribution in [0.2, 0.25) is 0 Å². The number of aromatic nitrogens is 3. The van der Waals surface area contributed by atoms with Crippen LogP contribution < -0.4 is 4.43 Å². The summed E-state index contributed by atoms with van der Waals surface area (Å²) in [5.41, 5.74) is 1.29. The number of carbonyl (C=O) groups excluding carboxylic acids is 1. The van der Waals surface area contributed by atoms with Crippen molar-refractivity contribution in [3.63, 3.8) is 0 Å². The third kappa shape index (κ3) is 2.77. The molecule has 0 spiro atoms. The third-order valence-corrected chi connectivity index (χ3v) is 6.21. The van der Waals surface area contributed by atoms with Crippen LogP contribution in [-0.4, -0.2) is 21.3 Å². The van der Waals surface area contributed by atoms with Crippen molar-refractivity contribution in [3.05, 3.63) is 70.0 Å². The molecule has 130 valence electrons. The van der Waals surface area contributed by atoms with Gasteiger partial charge < -0.3 is 9.94 Å². The molecule has 0 unspecified atom stereocenters. The number of carbonyl (C=O) groups is 1. The highest BCUT2D eigenvalue weighted by Gasteiger charge is 2.26. The van der Waals surface area contributed by atoms with Crippen LogP contribution in [0.4, 0.5) is 0 Å². The minimum atomic E-state index is -0.392. The Hall–Kier alpha value is -2.71. The van der Waals surface area contributed by atoms with Crippen molar-refractivity contribution in [1.29, 1.82) is 0 Å². The van der Waals surface area contributed by atoms with E-state index in [1.54, 1.807) is 18.2 Å². The van der Waals surface area contributed by atoms with Gasteiger partial charge in [-0.25, -0.2) is 4.98 Å². The summed E-state index contributed by atoms with van der Waals surface area (Å²) in [6, 6.07) is 14.2. The van der Waals surface area contributed by atoms with E-state index in [4.69, 9.17) is 0 Å². The van der Waals surface area contributed by atoms with Crippen molar-refractivity contribution in [2.75, 3.05) is 5.75 Å². The molecule has 8 heteroatoms. The van der Waals surface area contributed by atoms with Gasteiger partial charge in [-0.05, 0) is 25.1 Å². The number of Topliss-reactive ketones (excluding diaryl/α,β-unsaturated/α-hetero) is 1. The zero-order chi connectivity index (χ0) is 18.3. The lowest BCUT2D eigenvalue weighted by Gasteiger charge is -2.15. The first-order chi connectivity index (χ1) is 12.6. The van der Waals surface area contributed by atoms with Crippen LogP contribution in [0, 0.1) is 17.0 Å². The molecule has 2 aromatic carbocycles. The van der Waals surface area contributed by atoms with E-state index in [9.17, 15) is 14.9 Å². The van der Waals surface area contributed by atoms with E-state index in [0.29, 0.717) is 9.16 Å². The molecule has 2 heterocycles. The van der Waals surface area contributed by atoms with Gasteiger partial charge in [0, 0.05) is 11.0 Å². The van der Waals surface area contributed by atoms with Crippen molar-refractivity contribution >= 4 is 50.1 Å². The molecule has 0 aliphatic carbocycles. The van der Waals surface area contributed by atoms with Gasteiger partial charge in [0.1, 0.15) is 5.52 Å². The van der Waals surface area contributed by atoms with Crippen LogP contribution in [-0.2, 0) is 0 Å². The van der Waals surface area contributed by atoms with Crippen molar-refractivity contribution in [1.82, 2.24) is 9.71 Å². The second-order valence-electron chi connectivity index (χ2n) is 5.67. The number of hydrogen-bond acceptors (Lipinski definition) is 6. The van der Waals surface area contributed by atoms with Gasteiger partial charge in [-0.2, -0.15) is 0 Å². The first-order valence-electron chi connectivity index (χ1n) is 7.82. The Labute approximate surface area is 156 Å². The SMILES string of the molecule is Cc1c(C(=O)CSc2nc3ccccc3s2)[n+](=O)c2ccccc2n1[O-]. The summed E-state index contributed by atoms with van der Waals surface area (Å²) >= 11 is 2.77. The average molecular weight is 383 g/mol. The predicted octanol–water partition coefficient (Wildman–Crippen LogP) is 3.79. The summed E-state index contributed by atoms with van der Waals surface area (Å²) in [4.78, 5) is 29.7. The van der Waals surface area contributed by atoms with Gasteiger partial charge in [-0.1, -0.05) is 36.0 Å².